The number of rotatable bonds is 10. The molecule has 2 aromatic carbocycles. The molecule has 0 aliphatic rings. The normalized spacial score (nSPS) is 11.9. The van der Waals surface area contributed by atoms with Crippen molar-refractivity contribution in [1.82, 2.24) is 10.2 Å². The van der Waals surface area contributed by atoms with Crippen LogP contribution >= 0.6 is 11.6 Å². The Morgan fingerprint density at radius 3 is 2.46 bits per heavy atom. The topological polar surface area (TPSA) is 87.5 Å². The lowest BCUT2D eigenvalue weighted by Gasteiger charge is -2.26. The number of hydrogen-bond acceptors (Lipinski definition) is 5. The Morgan fingerprint density at radius 2 is 1.86 bits per heavy atom. The van der Waals surface area contributed by atoms with Gasteiger partial charge in [-0.05, 0) is 44.3 Å². The van der Waals surface area contributed by atoms with Gasteiger partial charge in [0.25, 0.3) is 5.69 Å². The monoisotopic (exact) mass is 404 g/mol. The quantitative estimate of drug-likeness (QED) is 0.356. The molecule has 0 spiro atoms. The molecule has 0 aliphatic heterocycles. The lowest BCUT2D eigenvalue weighted by molar-refractivity contribution is -0.384. The number of amides is 1. The number of halogens is 1. The summed E-state index contributed by atoms with van der Waals surface area (Å²) in [5.74, 6) is -0.0237. The zero-order valence-electron chi connectivity index (χ0n) is 16.0. The van der Waals surface area contributed by atoms with Crippen molar-refractivity contribution < 1.29 is 9.72 Å². The van der Waals surface area contributed by atoms with E-state index in [1.807, 2.05) is 43.3 Å². The molecule has 1 atom stereocenters. The van der Waals surface area contributed by atoms with E-state index in [1.54, 1.807) is 12.1 Å². The molecule has 28 heavy (non-hydrogen) atoms. The van der Waals surface area contributed by atoms with Crippen LogP contribution in [0.25, 0.3) is 0 Å². The fourth-order valence-corrected chi connectivity index (χ4v) is 3.06. The number of nitrogens with one attached hydrogen (secondary N) is 2. The van der Waals surface area contributed by atoms with Crippen molar-refractivity contribution >= 4 is 28.9 Å². The number of hydrogen-bond donors (Lipinski definition) is 2. The lowest BCUT2D eigenvalue weighted by Crippen LogP contribution is -2.34. The summed E-state index contributed by atoms with van der Waals surface area (Å²) in [5.41, 5.74) is 1.82. The number of nitro benzene ring substituents is 1. The maximum absolute atomic E-state index is 12.2. The van der Waals surface area contributed by atoms with Gasteiger partial charge in [-0.2, -0.15) is 0 Å². The number of benzene rings is 2. The largest absolute Gasteiger partial charge is 0.385 e. The first kappa shape index (κ1) is 21.7. The van der Waals surface area contributed by atoms with Gasteiger partial charge in [-0.3, -0.25) is 14.9 Å². The zero-order valence-corrected chi connectivity index (χ0v) is 16.8. The lowest BCUT2D eigenvalue weighted by atomic mass is 10.1. The minimum absolute atomic E-state index is 0.00381. The molecule has 1 amide bonds. The molecule has 0 bridgehead atoms. The summed E-state index contributed by atoms with van der Waals surface area (Å²) in [6.45, 7) is 1.08. The molecule has 7 nitrogen and oxygen atoms in total. The van der Waals surface area contributed by atoms with Crippen LogP contribution in [0.1, 0.15) is 24.4 Å². The van der Waals surface area contributed by atoms with Crippen LogP contribution in [0, 0.1) is 10.1 Å². The molecule has 0 aliphatic carbocycles. The number of likely N-dealkylation sites (N-methyl/N-ethyl adjacent to an activating group) is 1. The molecule has 0 radical (unpaired) electrons. The SMILES string of the molecule is CN(C)C(CNC(=O)CCCNc1ccc([N+](=O)[O-])cc1)c1ccccc1Cl. The summed E-state index contributed by atoms with van der Waals surface area (Å²) in [7, 11) is 3.91. The van der Waals surface area contributed by atoms with Crippen LogP contribution in [0.15, 0.2) is 48.5 Å². The molecule has 0 heterocycles. The van der Waals surface area contributed by atoms with E-state index in [1.165, 1.54) is 12.1 Å². The summed E-state index contributed by atoms with van der Waals surface area (Å²) < 4.78 is 0. The molecular weight excluding hydrogens is 380 g/mol. The van der Waals surface area contributed by atoms with E-state index >= 15 is 0 Å². The first-order valence-electron chi connectivity index (χ1n) is 9.04. The minimum Gasteiger partial charge on any atom is -0.385 e. The third-order valence-corrected chi connectivity index (χ3v) is 4.71. The third kappa shape index (κ3) is 6.51. The highest BCUT2D eigenvalue weighted by molar-refractivity contribution is 6.31. The second kappa shape index (κ2) is 10.6. The summed E-state index contributed by atoms with van der Waals surface area (Å²) in [5, 5.41) is 17.4. The van der Waals surface area contributed by atoms with Crippen LogP contribution < -0.4 is 10.6 Å². The zero-order chi connectivity index (χ0) is 20.5. The smallest absolute Gasteiger partial charge is 0.269 e. The number of anilines is 1. The predicted molar refractivity (Wildman–Crippen MR) is 112 cm³/mol. The fraction of sp³-hybridized carbons (Fsp3) is 0.350. The van der Waals surface area contributed by atoms with Gasteiger partial charge in [0.15, 0.2) is 0 Å². The average molecular weight is 405 g/mol. The van der Waals surface area contributed by atoms with Crippen molar-refractivity contribution in [3.05, 3.63) is 69.2 Å². The Hall–Kier alpha value is -2.64. The van der Waals surface area contributed by atoms with Crippen LogP contribution in [-0.4, -0.2) is 42.9 Å². The van der Waals surface area contributed by atoms with Gasteiger partial charge in [-0.25, -0.2) is 0 Å². The van der Waals surface area contributed by atoms with Gasteiger partial charge in [-0.15, -0.1) is 0 Å². The fourth-order valence-electron chi connectivity index (χ4n) is 2.80. The third-order valence-electron chi connectivity index (χ3n) is 4.37. The second-order valence-electron chi connectivity index (χ2n) is 6.64. The molecule has 2 aromatic rings. The van der Waals surface area contributed by atoms with Crippen molar-refractivity contribution in [3.63, 3.8) is 0 Å². The van der Waals surface area contributed by atoms with E-state index in [0.717, 1.165) is 11.3 Å². The van der Waals surface area contributed by atoms with Gasteiger partial charge in [0, 0.05) is 42.4 Å². The van der Waals surface area contributed by atoms with Gasteiger partial charge >= 0.3 is 0 Å². The number of carbonyl (C=O) groups excluding carboxylic acids is 1. The van der Waals surface area contributed by atoms with Crippen molar-refractivity contribution in [2.75, 3.05) is 32.5 Å². The number of nitro groups is 1. The molecule has 0 aromatic heterocycles. The summed E-state index contributed by atoms with van der Waals surface area (Å²) in [6.07, 6.45) is 1.05. The molecule has 0 saturated carbocycles. The first-order valence-corrected chi connectivity index (χ1v) is 9.42. The van der Waals surface area contributed by atoms with Crippen molar-refractivity contribution in [1.29, 1.82) is 0 Å². The highest BCUT2D eigenvalue weighted by atomic mass is 35.5. The van der Waals surface area contributed by atoms with Gasteiger partial charge in [-0.1, -0.05) is 29.8 Å². The van der Waals surface area contributed by atoms with Crippen LogP contribution in [0.5, 0.6) is 0 Å². The summed E-state index contributed by atoms with van der Waals surface area (Å²) >= 11 is 6.28. The van der Waals surface area contributed by atoms with E-state index in [4.69, 9.17) is 11.6 Å². The Morgan fingerprint density at radius 1 is 1.18 bits per heavy atom. The number of carbonyl (C=O) groups is 1. The number of non-ortho nitro benzene ring substituents is 1. The van der Waals surface area contributed by atoms with E-state index < -0.39 is 4.92 Å². The molecule has 150 valence electrons. The maximum atomic E-state index is 12.2. The predicted octanol–water partition coefficient (Wildman–Crippen LogP) is 3.86. The Labute approximate surface area is 169 Å². The van der Waals surface area contributed by atoms with Crippen LogP contribution in [0.3, 0.4) is 0 Å². The molecule has 0 fully saturated rings. The van der Waals surface area contributed by atoms with Crippen molar-refractivity contribution in [2.24, 2.45) is 0 Å². The summed E-state index contributed by atoms with van der Waals surface area (Å²) in [4.78, 5) is 24.4. The van der Waals surface area contributed by atoms with E-state index in [0.29, 0.717) is 31.0 Å². The Bertz CT molecular complexity index is 796. The van der Waals surface area contributed by atoms with Crippen LogP contribution in [-0.2, 0) is 4.79 Å². The first-order chi connectivity index (χ1) is 13.4. The molecule has 1 unspecified atom stereocenters. The van der Waals surface area contributed by atoms with Gasteiger partial charge in [0.2, 0.25) is 5.91 Å². The molecular formula is C20H25ClN4O3. The maximum Gasteiger partial charge on any atom is 0.269 e. The average Bonchev–Trinajstić information content (AvgIpc) is 2.67. The highest BCUT2D eigenvalue weighted by Crippen LogP contribution is 2.25. The van der Waals surface area contributed by atoms with E-state index in [2.05, 4.69) is 10.6 Å². The molecule has 2 rings (SSSR count). The molecule has 0 saturated heterocycles. The van der Waals surface area contributed by atoms with Crippen LogP contribution in [0.4, 0.5) is 11.4 Å². The summed E-state index contributed by atoms with van der Waals surface area (Å²) in [6, 6.07) is 13.8. The van der Waals surface area contributed by atoms with E-state index in [9.17, 15) is 14.9 Å². The van der Waals surface area contributed by atoms with E-state index in [-0.39, 0.29) is 17.6 Å². The van der Waals surface area contributed by atoms with Crippen LogP contribution in [0.2, 0.25) is 5.02 Å². The van der Waals surface area contributed by atoms with Gasteiger partial charge in [0.05, 0.1) is 11.0 Å². The Balaban J connectivity index is 1.74. The minimum atomic E-state index is -0.433. The highest BCUT2D eigenvalue weighted by Gasteiger charge is 2.17. The van der Waals surface area contributed by atoms with Crippen molar-refractivity contribution in [2.45, 2.75) is 18.9 Å². The molecule has 8 heteroatoms. The Kier molecular flexibility index (Phi) is 8.22. The van der Waals surface area contributed by atoms with Crippen molar-refractivity contribution in [3.8, 4) is 0 Å². The molecule has 2 N–H and O–H groups in total. The number of nitrogens with zero attached hydrogens (tertiary/aromatic N) is 2. The van der Waals surface area contributed by atoms with Gasteiger partial charge in [0.1, 0.15) is 0 Å². The standard InChI is InChI=1S/C20H25ClN4O3/c1-24(2)19(17-6-3-4-7-18(17)21)14-23-20(26)8-5-13-22-15-9-11-16(12-10-15)25(27)28/h3-4,6-7,9-12,19,22H,5,8,13-14H2,1-2H3,(H,23,26). The van der Waals surface area contributed by atoms with Gasteiger partial charge < -0.3 is 15.5 Å². The second-order valence-corrected chi connectivity index (χ2v) is 7.05.